The molecule has 1 unspecified atom stereocenters. The van der Waals surface area contributed by atoms with Crippen molar-refractivity contribution in [2.45, 2.75) is 52.6 Å². The van der Waals surface area contributed by atoms with E-state index in [1.165, 1.54) is 11.3 Å². The predicted octanol–water partition coefficient (Wildman–Crippen LogP) is 2.13. The predicted molar refractivity (Wildman–Crippen MR) is 117 cm³/mol. The minimum atomic E-state index is 0.136. The maximum absolute atomic E-state index is 13.2. The lowest BCUT2D eigenvalue weighted by Crippen LogP contribution is -2.44. The van der Waals surface area contributed by atoms with Gasteiger partial charge in [-0.1, -0.05) is 13.8 Å². The Balaban J connectivity index is 1.72. The molecule has 3 rings (SSSR count). The molecule has 6 nitrogen and oxygen atoms in total. The van der Waals surface area contributed by atoms with Crippen molar-refractivity contribution in [3.05, 3.63) is 17.0 Å². The quantitative estimate of drug-likeness (QED) is 0.750. The first-order chi connectivity index (χ1) is 13.3. The van der Waals surface area contributed by atoms with Crippen LogP contribution in [0.2, 0.25) is 0 Å². The number of aromatic nitrogens is 2. The normalized spacial score (nSPS) is 20.5. The second-order valence-corrected chi connectivity index (χ2v) is 10.4. The lowest BCUT2D eigenvalue weighted by Gasteiger charge is -2.32. The summed E-state index contributed by atoms with van der Waals surface area (Å²) in [7, 11) is 4.26. The molecule has 1 aliphatic carbocycles. The zero-order chi connectivity index (χ0) is 20.3. The second kappa shape index (κ2) is 9.18. The average Bonchev–Trinajstić information content (AvgIpc) is 3.03. The zero-order valence-corrected chi connectivity index (χ0v) is 19.1. The number of amides is 1. The van der Waals surface area contributed by atoms with Gasteiger partial charge in [0, 0.05) is 61.5 Å². The van der Waals surface area contributed by atoms with E-state index in [9.17, 15) is 4.79 Å². The molecule has 0 radical (unpaired) electrons. The third kappa shape index (κ3) is 5.10. The van der Waals surface area contributed by atoms with Crippen molar-refractivity contribution in [3.8, 4) is 0 Å². The Kier molecular flexibility index (Phi) is 7.10. The number of carbonyl (C=O) groups is 1. The van der Waals surface area contributed by atoms with Gasteiger partial charge in [0.25, 0.3) is 5.91 Å². The van der Waals surface area contributed by atoms with E-state index in [2.05, 4.69) is 49.8 Å². The van der Waals surface area contributed by atoms with Crippen molar-refractivity contribution in [2.75, 3.05) is 51.8 Å². The Morgan fingerprint density at radius 2 is 2.04 bits per heavy atom. The molecule has 0 bridgehead atoms. The minimum absolute atomic E-state index is 0.136. The first kappa shape index (κ1) is 21.7. The van der Waals surface area contributed by atoms with E-state index in [4.69, 9.17) is 5.10 Å². The van der Waals surface area contributed by atoms with Crippen molar-refractivity contribution in [3.63, 3.8) is 0 Å². The van der Waals surface area contributed by atoms with Crippen LogP contribution in [-0.4, -0.2) is 83.3 Å². The average molecular weight is 408 g/mol. The number of aryl methyl sites for hydroxylation is 1. The fourth-order valence-electron chi connectivity index (χ4n) is 4.54. The zero-order valence-electron chi connectivity index (χ0n) is 18.3. The van der Waals surface area contributed by atoms with Gasteiger partial charge in [-0.3, -0.25) is 9.48 Å². The highest BCUT2D eigenvalue weighted by Crippen LogP contribution is 2.27. The highest BCUT2D eigenvalue weighted by molar-refractivity contribution is 7.99. The number of hydrogen-bond donors (Lipinski definition) is 1. The number of hydrogen-bond acceptors (Lipinski definition) is 5. The Morgan fingerprint density at radius 1 is 1.32 bits per heavy atom. The molecule has 1 N–H and O–H groups in total. The van der Waals surface area contributed by atoms with Gasteiger partial charge in [0.1, 0.15) is 0 Å². The van der Waals surface area contributed by atoms with Crippen LogP contribution >= 0.6 is 11.8 Å². The summed E-state index contributed by atoms with van der Waals surface area (Å²) in [6, 6.07) is 0.423. The summed E-state index contributed by atoms with van der Waals surface area (Å²) in [5, 5.41) is 8.54. The first-order valence-corrected chi connectivity index (χ1v) is 11.8. The highest BCUT2D eigenvalue weighted by Gasteiger charge is 2.32. The van der Waals surface area contributed by atoms with Crippen molar-refractivity contribution < 1.29 is 4.79 Å². The molecule has 2 aliphatic rings. The molecule has 2 heterocycles. The molecule has 0 aromatic carbocycles. The van der Waals surface area contributed by atoms with Crippen LogP contribution in [0.15, 0.2) is 0 Å². The maximum atomic E-state index is 13.2. The number of nitrogens with zero attached hydrogens (tertiary/aromatic N) is 4. The van der Waals surface area contributed by atoms with Crippen LogP contribution in [0.3, 0.4) is 0 Å². The molecule has 0 spiro atoms. The van der Waals surface area contributed by atoms with E-state index in [1.54, 1.807) is 0 Å². The largest absolute Gasteiger partial charge is 0.336 e. The van der Waals surface area contributed by atoms with Gasteiger partial charge in [0.15, 0.2) is 5.69 Å². The molecule has 28 heavy (non-hydrogen) atoms. The van der Waals surface area contributed by atoms with Gasteiger partial charge in [-0.05, 0) is 45.7 Å². The standard InChI is InChI=1S/C21H37N5OS/c1-6-26-18-8-7-16(22-14-21(2,3)15-24(4)5)13-17(18)19(23-26)20(27)25-9-11-28-12-10-25/h16,22H,6-15H2,1-5H3. The van der Waals surface area contributed by atoms with Gasteiger partial charge in [0.05, 0.1) is 0 Å². The molecule has 1 saturated heterocycles. The van der Waals surface area contributed by atoms with Crippen LogP contribution in [0, 0.1) is 5.41 Å². The van der Waals surface area contributed by atoms with Gasteiger partial charge < -0.3 is 15.1 Å². The first-order valence-electron chi connectivity index (χ1n) is 10.6. The van der Waals surface area contributed by atoms with E-state index in [-0.39, 0.29) is 11.3 Å². The molecule has 1 atom stereocenters. The number of thioether (sulfide) groups is 1. The second-order valence-electron chi connectivity index (χ2n) is 9.22. The third-order valence-electron chi connectivity index (χ3n) is 5.76. The van der Waals surface area contributed by atoms with E-state index < -0.39 is 0 Å². The summed E-state index contributed by atoms with van der Waals surface area (Å²) in [6.07, 6.45) is 3.03. The molecule has 7 heteroatoms. The molecule has 1 aromatic heterocycles. The minimum Gasteiger partial charge on any atom is -0.336 e. The highest BCUT2D eigenvalue weighted by atomic mass is 32.2. The number of carbonyl (C=O) groups excluding carboxylic acids is 1. The van der Waals surface area contributed by atoms with Crippen molar-refractivity contribution >= 4 is 17.7 Å². The summed E-state index contributed by atoms with van der Waals surface area (Å²) in [6.45, 7) is 11.3. The lowest BCUT2D eigenvalue weighted by molar-refractivity contribution is 0.0764. The lowest BCUT2D eigenvalue weighted by atomic mass is 9.88. The van der Waals surface area contributed by atoms with Crippen molar-refractivity contribution in [1.82, 2.24) is 24.9 Å². The van der Waals surface area contributed by atoms with Crippen molar-refractivity contribution in [1.29, 1.82) is 0 Å². The molecule has 0 saturated carbocycles. The van der Waals surface area contributed by atoms with Gasteiger partial charge >= 0.3 is 0 Å². The summed E-state index contributed by atoms with van der Waals surface area (Å²) in [5.41, 5.74) is 3.41. The number of fused-ring (bicyclic) bond motifs is 1. The third-order valence-corrected chi connectivity index (χ3v) is 6.70. The van der Waals surface area contributed by atoms with Crippen LogP contribution in [0.1, 0.15) is 48.9 Å². The summed E-state index contributed by atoms with van der Waals surface area (Å²) in [5.74, 6) is 2.21. The van der Waals surface area contributed by atoms with Gasteiger partial charge in [-0.25, -0.2) is 0 Å². The van der Waals surface area contributed by atoms with Crippen LogP contribution in [0.4, 0.5) is 0 Å². The molecule has 1 amide bonds. The number of nitrogens with one attached hydrogen (secondary N) is 1. The number of rotatable bonds is 7. The summed E-state index contributed by atoms with van der Waals surface area (Å²) in [4.78, 5) is 17.4. The van der Waals surface area contributed by atoms with Gasteiger partial charge in [-0.15, -0.1) is 0 Å². The summed E-state index contributed by atoms with van der Waals surface area (Å²) < 4.78 is 2.06. The van der Waals surface area contributed by atoms with E-state index in [0.29, 0.717) is 11.7 Å². The van der Waals surface area contributed by atoms with Crippen LogP contribution in [0.5, 0.6) is 0 Å². The maximum Gasteiger partial charge on any atom is 0.274 e. The van der Waals surface area contributed by atoms with Crippen LogP contribution in [0.25, 0.3) is 0 Å². The molecule has 1 aliphatic heterocycles. The summed E-state index contributed by atoms with van der Waals surface area (Å²) >= 11 is 1.93. The topological polar surface area (TPSA) is 53.4 Å². The fourth-order valence-corrected chi connectivity index (χ4v) is 5.45. The Hall–Kier alpha value is -1.05. The smallest absolute Gasteiger partial charge is 0.274 e. The SMILES string of the molecule is CCn1nc(C(=O)N2CCSCC2)c2c1CCC(NCC(C)(C)CN(C)C)C2. The van der Waals surface area contributed by atoms with Gasteiger partial charge in [0.2, 0.25) is 0 Å². The van der Waals surface area contributed by atoms with E-state index >= 15 is 0 Å². The molecule has 1 aromatic rings. The monoisotopic (exact) mass is 407 g/mol. The van der Waals surface area contributed by atoms with E-state index in [1.807, 2.05) is 16.7 Å². The fraction of sp³-hybridized carbons (Fsp3) is 0.810. The van der Waals surface area contributed by atoms with Crippen molar-refractivity contribution in [2.24, 2.45) is 5.41 Å². The molecular weight excluding hydrogens is 370 g/mol. The van der Waals surface area contributed by atoms with Gasteiger partial charge in [-0.2, -0.15) is 16.9 Å². The Morgan fingerprint density at radius 3 is 2.68 bits per heavy atom. The Labute approximate surface area is 174 Å². The van der Waals surface area contributed by atoms with Crippen LogP contribution < -0.4 is 5.32 Å². The molecule has 158 valence electrons. The van der Waals surface area contributed by atoms with E-state index in [0.717, 1.165) is 63.5 Å². The molecule has 1 fully saturated rings. The van der Waals surface area contributed by atoms with Crippen LogP contribution in [-0.2, 0) is 19.4 Å². The molecular formula is C21H37N5OS. The Bertz CT molecular complexity index is 679.